The maximum absolute atomic E-state index is 13.1. The van der Waals surface area contributed by atoms with Crippen LogP contribution in [0.4, 0.5) is 11.5 Å². The van der Waals surface area contributed by atoms with E-state index in [-0.39, 0.29) is 22.5 Å². The Bertz CT molecular complexity index is 1160. The smallest absolute Gasteiger partial charge is 0.263 e. The van der Waals surface area contributed by atoms with Gasteiger partial charge in [0.15, 0.2) is 0 Å². The van der Waals surface area contributed by atoms with Gasteiger partial charge in [-0.15, -0.1) is 0 Å². The fraction of sp³-hybridized carbons (Fsp3) is 0.292. The number of nitrogens with zero attached hydrogens (tertiary/aromatic N) is 4. The van der Waals surface area contributed by atoms with E-state index in [2.05, 4.69) is 19.6 Å². The fourth-order valence-electron chi connectivity index (χ4n) is 4.03. The molecule has 0 bridgehead atoms. The third-order valence-electron chi connectivity index (χ3n) is 5.83. The van der Waals surface area contributed by atoms with E-state index >= 15 is 0 Å². The first-order valence-corrected chi connectivity index (χ1v) is 12.4. The van der Waals surface area contributed by atoms with Crippen molar-refractivity contribution in [3.05, 3.63) is 78.8 Å². The maximum Gasteiger partial charge on any atom is 0.263 e. The van der Waals surface area contributed by atoms with Gasteiger partial charge in [0.2, 0.25) is 5.91 Å². The van der Waals surface area contributed by atoms with Gasteiger partial charge in [-0.25, -0.2) is 18.4 Å². The first-order chi connectivity index (χ1) is 16.0. The van der Waals surface area contributed by atoms with E-state index in [4.69, 9.17) is 0 Å². The zero-order chi connectivity index (χ0) is 23.3. The summed E-state index contributed by atoms with van der Waals surface area (Å²) in [4.78, 5) is 25.0. The second kappa shape index (κ2) is 9.99. The molecule has 1 saturated heterocycles. The van der Waals surface area contributed by atoms with E-state index < -0.39 is 10.0 Å². The van der Waals surface area contributed by atoms with Crippen LogP contribution in [0.2, 0.25) is 0 Å². The number of carbonyl (C=O) groups is 1. The van der Waals surface area contributed by atoms with Gasteiger partial charge in [-0.1, -0.05) is 37.3 Å². The van der Waals surface area contributed by atoms with Crippen LogP contribution < -0.4 is 9.62 Å². The Hall–Kier alpha value is -3.46. The third-order valence-corrected chi connectivity index (χ3v) is 7.20. The summed E-state index contributed by atoms with van der Waals surface area (Å²) in [5, 5.41) is 0. The van der Waals surface area contributed by atoms with Crippen LogP contribution in [0, 0.1) is 0 Å². The number of hydrogen-bond donors (Lipinski definition) is 1. The molecule has 1 fully saturated rings. The molecule has 0 radical (unpaired) electrons. The molecule has 1 aliphatic heterocycles. The Morgan fingerprint density at radius 2 is 1.70 bits per heavy atom. The van der Waals surface area contributed by atoms with Crippen molar-refractivity contribution >= 4 is 27.4 Å². The molecule has 1 aliphatic rings. The number of amides is 1. The SMILES string of the molecule is CC[C@@H](C(=O)N1CCN(c2ccc(S(=O)(=O)Nc3ccncn3)cc2)CC1)c1ccccc1. The average molecular weight is 466 g/mol. The molecule has 0 spiro atoms. The topological polar surface area (TPSA) is 95.5 Å². The predicted molar refractivity (Wildman–Crippen MR) is 128 cm³/mol. The van der Waals surface area contributed by atoms with E-state index in [1.165, 1.54) is 18.6 Å². The van der Waals surface area contributed by atoms with E-state index in [0.29, 0.717) is 26.2 Å². The first kappa shape index (κ1) is 22.7. The monoisotopic (exact) mass is 465 g/mol. The van der Waals surface area contributed by atoms with Crippen molar-refractivity contribution in [1.29, 1.82) is 0 Å². The van der Waals surface area contributed by atoms with Gasteiger partial charge in [0.25, 0.3) is 10.0 Å². The minimum absolute atomic E-state index is 0.121. The molecule has 2 aromatic carbocycles. The minimum Gasteiger partial charge on any atom is -0.368 e. The second-order valence-corrected chi connectivity index (χ2v) is 9.56. The molecule has 0 saturated carbocycles. The number of nitrogens with one attached hydrogen (secondary N) is 1. The molecule has 0 aliphatic carbocycles. The Labute approximate surface area is 194 Å². The van der Waals surface area contributed by atoms with Crippen LogP contribution in [0.5, 0.6) is 0 Å². The van der Waals surface area contributed by atoms with Crippen molar-refractivity contribution in [2.75, 3.05) is 35.8 Å². The number of carbonyl (C=O) groups excluding carboxylic acids is 1. The molecule has 33 heavy (non-hydrogen) atoms. The normalized spacial score (nSPS) is 15.2. The van der Waals surface area contributed by atoms with Crippen LogP contribution in [-0.4, -0.2) is 55.4 Å². The average Bonchev–Trinajstić information content (AvgIpc) is 2.86. The molecule has 172 valence electrons. The molecule has 9 heteroatoms. The highest BCUT2D eigenvalue weighted by atomic mass is 32.2. The molecule has 8 nitrogen and oxygen atoms in total. The van der Waals surface area contributed by atoms with Crippen molar-refractivity contribution in [1.82, 2.24) is 14.9 Å². The molecule has 4 rings (SSSR count). The van der Waals surface area contributed by atoms with Gasteiger partial charge in [0.05, 0.1) is 10.8 Å². The number of piperazine rings is 1. The molecule has 3 aromatic rings. The Kier molecular flexibility index (Phi) is 6.88. The molecule has 1 aromatic heterocycles. The highest BCUT2D eigenvalue weighted by molar-refractivity contribution is 7.92. The van der Waals surface area contributed by atoms with Crippen LogP contribution in [0.1, 0.15) is 24.8 Å². The second-order valence-electron chi connectivity index (χ2n) is 7.88. The number of hydrogen-bond acceptors (Lipinski definition) is 6. The highest BCUT2D eigenvalue weighted by Crippen LogP contribution is 2.25. The Morgan fingerprint density at radius 3 is 2.30 bits per heavy atom. The van der Waals surface area contributed by atoms with Crippen molar-refractivity contribution in [2.24, 2.45) is 0 Å². The standard InChI is InChI=1S/C24H27N5O3S/c1-2-22(19-6-4-3-5-7-19)24(30)29-16-14-28(15-17-29)20-8-10-21(11-9-20)33(31,32)27-23-12-13-25-18-26-23/h3-13,18,22H,2,14-17H2,1H3,(H,25,26,27)/t22-/m1/s1. The molecule has 1 atom stereocenters. The number of sulfonamides is 1. The lowest BCUT2D eigenvalue weighted by Crippen LogP contribution is -2.50. The molecular weight excluding hydrogens is 438 g/mol. The summed E-state index contributed by atoms with van der Waals surface area (Å²) in [6, 6.07) is 18.2. The Morgan fingerprint density at radius 1 is 1.00 bits per heavy atom. The summed E-state index contributed by atoms with van der Waals surface area (Å²) in [7, 11) is -3.73. The van der Waals surface area contributed by atoms with Gasteiger partial charge in [-0.2, -0.15) is 0 Å². The van der Waals surface area contributed by atoms with Crippen LogP contribution in [0.3, 0.4) is 0 Å². The fourth-order valence-corrected chi connectivity index (χ4v) is 5.04. The number of aromatic nitrogens is 2. The zero-order valence-electron chi connectivity index (χ0n) is 18.5. The summed E-state index contributed by atoms with van der Waals surface area (Å²) < 4.78 is 27.6. The Balaban J connectivity index is 1.37. The summed E-state index contributed by atoms with van der Waals surface area (Å²) in [6.45, 7) is 4.71. The summed E-state index contributed by atoms with van der Waals surface area (Å²) in [5.41, 5.74) is 1.98. The number of rotatable bonds is 7. The van der Waals surface area contributed by atoms with Gasteiger partial charge < -0.3 is 9.80 Å². The van der Waals surface area contributed by atoms with E-state index in [1.54, 1.807) is 24.3 Å². The van der Waals surface area contributed by atoms with Gasteiger partial charge in [-0.3, -0.25) is 9.52 Å². The lowest BCUT2D eigenvalue weighted by Gasteiger charge is -2.37. The van der Waals surface area contributed by atoms with Crippen LogP contribution in [0.25, 0.3) is 0 Å². The van der Waals surface area contributed by atoms with Crippen molar-refractivity contribution in [2.45, 2.75) is 24.2 Å². The minimum atomic E-state index is -3.73. The maximum atomic E-state index is 13.1. The van der Waals surface area contributed by atoms with Crippen molar-refractivity contribution < 1.29 is 13.2 Å². The van der Waals surface area contributed by atoms with Crippen molar-refractivity contribution in [3.63, 3.8) is 0 Å². The number of anilines is 2. The van der Waals surface area contributed by atoms with Crippen molar-refractivity contribution in [3.8, 4) is 0 Å². The quantitative estimate of drug-likeness (QED) is 0.576. The van der Waals surface area contributed by atoms with Crippen LogP contribution in [0.15, 0.2) is 78.1 Å². The van der Waals surface area contributed by atoms with Gasteiger partial charge >= 0.3 is 0 Å². The lowest BCUT2D eigenvalue weighted by molar-refractivity contribution is -0.133. The van der Waals surface area contributed by atoms with E-state index in [1.807, 2.05) is 42.2 Å². The zero-order valence-corrected chi connectivity index (χ0v) is 19.3. The van der Waals surface area contributed by atoms with E-state index in [9.17, 15) is 13.2 Å². The van der Waals surface area contributed by atoms with Gasteiger partial charge in [-0.05, 0) is 42.3 Å². The summed E-state index contributed by atoms with van der Waals surface area (Å²) in [5.74, 6) is 0.265. The van der Waals surface area contributed by atoms with Gasteiger partial charge in [0.1, 0.15) is 12.1 Å². The highest BCUT2D eigenvalue weighted by Gasteiger charge is 2.27. The molecular formula is C24H27N5O3S. The summed E-state index contributed by atoms with van der Waals surface area (Å²) in [6.07, 6.45) is 3.52. The molecule has 2 heterocycles. The molecule has 0 unspecified atom stereocenters. The van der Waals surface area contributed by atoms with E-state index in [0.717, 1.165) is 17.7 Å². The lowest BCUT2D eigenvalue weighted by atomic mass is 9.95. The molecule has 1 amide bonds. The first-order valence-electron chi connectivity index (χ1n) is 11.0. The third kappa shape index (κ3) is 5.31. The largest absolute Gasteiger partial charge is 0.368 e. The van der Waals surface area contributed by atoms with Crippen LogP contribution in [-0.2, 0) is 14.8 Å². The predicted octanol–water partition coefficient (Wildman–Crippen LogP) is 3.12. The summed E-state index contributed by atoms with van der Waals surface area (Å²) >= 11 is 0. The van der Waals surface area contributed by atoms with Gasteiger partial charge in [0, 0.05) is 38.1 Å². The number of benzene rings is 2. The molecule has 1 N–H and O–H groups in total. The van der Waals surface area contributed by atoms with Crippen LogP contribution >= 0.6 is 0 Å².